The van der Waals surface area contributed by atoms with Gasteiger partial charge < -0.3 is 9.64 Å². The quantitative estimate of drug-likeness (QED) is 0.757. The van der Waals surface area contributed by atoms with Crippen LogP contribution >= 0.6 is 11.6 Å². The van der Waals surface area contributed by atoms with Crippen LogP contribution in [0.3, 0.4) is 0 Å². The van der Waals surface area contributed by atoms with Crippen LogP contribution in [0, 0.1) is 0 Å². The molecule has 1 amide bonds. The summed E-state index contributed by atoms with van der Waals surface area (Å²) < 4.78 is 5.33. The first-order chi connectivity index (χ1) is 8.22. The smallest absolute Gasteiger partial charge is 0.254 e. The lowest BCUT2D eigenvalue weighted by atomic mass is 10.1. The number of amides is 1. The molecule has 0 saturated carbocycles. The third kappa shape index (κ3) is 2.79. The second-order valence-electron chi connectivity index (χ2n) is 4.26. The van der Waals surface area contributed by atoms with E-state index in [4.69, 9.17) is 16.3 Å². The highest BCUT2D eigenvalue weighted by molar-refractivity contribution is 6.17. The van der Waals surface area contributed by atoms with E-state index in [0.29, 0.717) is 31.2 Å². The zero-order chi connectivity index (χ0) is 12.3. The Morgan fingerprint density at radius 3 is 3.12 bits per heavy atom. The standard InChI is InChI=1S/C13H16ClNO2/c1-10-9-17-6-5-15(10)13(16)12-4-2-3-11(7-12)8-14/h2-4,7,10H,5-6,8-9H2,1H3. The fraction of sp³-hybridized carbons (Fsp3) is 0.462. The van der Waals surface area contributed by atoms with Gasteiger partial charge in [0.25, 0.3) is 5.91 Å². The first-order valence-electron chi connectivity index (χ1n) is 5.76. The van der Waals surface area contributed by atoms with Crippen molar-refractivity contribution in [3.8, 4) is 0 Å². The highest BCUT2D eigenvalue weighted by Crippen LogP contribution is 2.14. The summed E-state index contributed by atoms with van der Waals surface area (Å²) in [6.07, 6.45) is 0. The molecule has 0 aromatic heterocycles. The van der Waals surface area contributed by atoms with E-state index < -0.39 is 0 Å². The summed E-state index contributed by atoms with van der Waals surface area (Å²) in [5.41, 5.74) is 1.68. The third-order valence-electron chi connectivity index (χ3n) is 2.96. The maximum absolute atomic E-state index is 12.3. The number of alkyl halides is 1. The Hall–Kier alpha value is -1.06. The van der Waals surface area contributed by atoms with E-state index in [0.717, 1.165) is 5.56 Å². The number of ether oxygens (including phenoxy) is 1. The van der Waals surface area contributed by atoms with Crippen LogP contribution in [0.25, 0.3) is 0 Å². The molecule has 0 radical (unpaired) electrons. The average Bonchev–Trinajstić information content (AvgIpc) is 2.38. The van der Waals surface area contributed by atoms with Gasteiger partial charge in [-0.25, -0.2) is 0 Å². The average molecular weight is 254 g/mol. The number of hydrogen-bond donors (Lipinski definition) is 0. The van der Waals surface area contributed by atoms with Crippen molar-refractivity contribution in [2.45, 2.75) is 18.8 Å². The minimum Gasteiger partial charge on any atom is -0.377 e. The molecule has 1 aromatic carbocycles. The minimum atomic E-state index is 0.0627. The second kappa shape index (κ2) is 5.52. The van der Waals surface area contributed by atoms with Gasteiger partial charge >= 0.3 is 0 Å². The highest BCUT2D eigenvalue weighted by atomic mass is 35.5. The maximum Gasteiger partial charge on any atom is 0.254 e. The first kappa shape index (κ1) is 12.4. The van der Waals surface area contributed by atoms with Crippen molar-refractivity contribution in [1.29, 1.82) is 0 Å². The molecule has 92 valence electrons. The van der Waals surface area contributed by atoms with Crippen molar-refractivity contribution in [3.05, 3.63) is 35.4 Å². The van der Waals surface area contributed by atoms with Gasteiger partial charge in [0.1, 0.15) is 0 Å². The Bertz CT molecular complexity index is 408. The van der Waals surface area contributed by atoms with E-state index in [1.165, 1.54) is 0 Å². The van der Waals surface area contributed by atoms with E-state index in [1.807, 2.05) is 36.1 Å². The summed E-state index contributed by atoms with van der Waals surface area (Å²) in [7, 11) is 0. The van der Waals surface area contributed by atoms with Gasteiger partial charge in [-0.1, -0.05) is 12.1 Å². The van der Waals surface area contributed by atoms with Crippen molar-refractivity contribution >= 4 is 17.5 Å². The maximum atomic E-state index is 12.3. The van der Waals surface area contributed by atoms with E-state index >= 15 is 0 Å². The van der Waals surface area contributed by atoms with Gasteiger partial charge in [-0.3, -0.25) is 4.79 Å². The van der Waals surface area contributed by atoms with Crippen molar-refractivity contribution in [2.75, 3.05) is 19.8 Å². The second-order valence-corrected chi connectivity index (χ2v) is 4.52. The molecule has 0 N–H and O–H groups in total. The largest absolute Gasteiger partial charge is 0.377 e. The molecular weight excluding hydrogens is 238 g/mol. The Labute approximate surface area is 106 Å². The van der Waals surface area contributed by atoms with Crippen LogP contribution in [0.2, 0.25) is 0 Å². The fourth-order valence-electron chi connectivity index (χ4n) is 1.98. The van der Waals surface area contributed by atoms with Crippen LogP contribution in [0.15, 0.2) is 24.3 Å². The molecule has 4 heteroatoms. The summed E-state index contributed by atoms with van der Waals surface area (Å²) in [6, 6.07) is 7.62. The Morgan fingerprint density at radius 2 is 2.41 bits per heavy atom. The van der Waals surface area contributed by atoms with Crippen LogP contribution in [0.5, 0.6) is 0 Å². The molecule has 2 rings (SSSR count). The fourth-order valence-corrected chi connectivity index (χ4v) is 2.15. The van der Waals surface area contributed by atoms with Crippen LogP contribution in [0.1, 0.15) is 22.8 Å². The molecule has 1 fully saturated rings. The van der Waals surface area contributed by atoms with Crippen molar-refractivity contribution < 1.29 is 9.53 Å². The lowest BCUT2D eigenvalue weighted by Gasteiger charge is -2.33. The van der Waals surface area contributed by atoms with Crippen LogP contribution < -0.4 is 0 Å². The summed E-state index contributed by atoms with van der Waals surface area (Å²) in [5, 5.41) is 0. The van der Waals surface area contributed by atoms with E-state index in [9.17, 15) is 4.79 Å². The lowest BCUT2D eigenvalue weighted by Crippen LogP contribution is -2.47. The number of benzene rings is 1. The van der Waals surface area contributed by atoms with E-state index in [1.54, 1.807) is 0 Å². The van der Waals surface area contributed by atoms with Crippen LogP contribution in [0.4, 0.5) is 0 Å². The Balaban J connectivity index is 2.17. The topological polar surface area (TPSA) is 29.5 Å². The molecule has 0 bridgehead atoms. The van der Waals surface area contributed by atoms with E-state index in [-0.39, 0.29) is 11.9 Å². The third-order valence-corrected chi connectivity index (χ3v) is 3.27. The lowest BCUT2D eigenvalue weighted by molar-refractivity contribution is 0.00359. The first-order valence-corrected chi connectivity index (χ1v) is 6.29. The van der Waals surface area contributed by atoms with Gasteiger partial charge in [0, 0.05) is 18.0 Å². The number of hydrogen-bond acceptors (Lipinski definition) is 2. The molecule has 1 unspecified atom stereocenters. The summed E-state index contributed by atoms with van der Waals surface area (Å²) in [4.78, 5) is 14.2. The zero-order valence-corrected chi connectivity index (χ0v) is 10.6. The molecule has 1 aliphatic rings. The Morgan fingerprint density at radius 1 is 1.59 bits per heavy atom. The van der Waals surface area contributed by atoms with Crippen LogP contribution in [-0.4, -0.2) is 36.6 Å². The number of nitrogens with zero attached hydrogens (tertiary/aromatic N) is 1. The van der Waals surface area contributed by atoms with Crippen molar-refractivity contribution in [2.24, 2.45) is 0 Å². The van der Waals surface area contributed by atoms with Gasteiger partial charge in [0.05, 0.1) is 19.3 Å². The number of carbonyl (C=O) groups is 1. The summed E-state index contributed by atoms with van der Waals surface area (Å²) in [6.45, 7) is 3.89. The molecular formula is C13H16ClNO2. The molecule has 1 saturated heterocycles. The summed E-state index contributed by atoms with van der Waals surface area (Å²) in [5.74, 6) is 0.493. The molecule has 3 nitrogen and oxygen atoms in total. The number of halogens is 1. The molecule has 1 heterocycles. The predicted octanol–water partition coefficient (Wildman–Crippen LogP) is 2.29. The van der Waals surface area contributed by atoms with Crippen molar-refractivity contribution in [3.63, 3.8) is 0 Å². The predicted molar refractivity (Wildman–Crippen MR) is 67.3 cm³/mol. The zero-order valence-electron chi connectivity index (χ0n) is 9.86. The number of carbonyl (C=O) groups excluding carboxylic acids is 1. The molecule has 1 aliphatic heterocycles. The molecule has 0 spiro atoms. The van der Waals surface area contributed by atoms with Gasteiger partial charge in [-0.15, -0.1) is 11.6 Å². The van der Waals surface area contributed by atoms with Gasteiger partial charge in [-0.2, -0.15) is 0 Å². The monoisotopic (exact) mass is 253 g/mol. The summed E-state index contributed by atoms with van der Waals surface area (Å²) >= 11 is 5.77. The molecule has 1 atom stereocenters. The normalized spacial score (nSPS) is 20.4. The van der Waals surface area contributed by atoms with Gasteiger partial charge in [0.15, 0.2) is 0 Å². The number of morpholine rings is 1. The molecule has 0 aliphatic carbocycles. The highest BCUT2D eigenvalue weighted by Gasteiger charge is 2.24. The minimum absolute atomic E-state index is 0.0627. The van der Waals surface area contributed by atoms with Crippen molar-refractivity contribution in [1.82, 2.24) is 4.90 Å². The van der Waals surface area contributed by atoms with Crippen LogP contribution in [-0.2, 0) is 10.6 Å². The molecule has 17 heavy (non-hydrogen) atoms. The number of rotatable bonds is 2. The van der Waals surface area contributed by atoms with E-state index in [2.05, 4.69) is 0 Å². The molecule has 1 aromatic rings. The van der Waals surface area contributed by atoms with Gasteiger partial charge in [-0.05, 0) is 24.6 Å². The van der Waals surface area contributed by atoms with Gasteiger partial charge in [0.2, 0.25) is 0 Å². The Kier molecular flexibility index (Phi) is 4.02. The SMILES string of the molecule is CC1COCCN1C(=O)c1cccc(CCl)c1.